The molecule has 1 saturated heterocycles. The molecule has 0 spiro atoms. The molecule has 4 aromatic rings. The fourth-order valence-corrected chi connectivity index (χ4v) is 4.47. The molecule has 5 rings (SSSR count). The average Bonchev–Trinajstić information content (AvgIpc) is 3.49. The van der Waals surface area contributed by atoms with E-state index in [1.807, 2.05) is 37.4 Å². The number of pyridine rings is 1. The van der Waals surface area contributed by atoms with E-state index in [0.29, 0.717) is 6.54 Å². The Bertz CT molecular complexity index is 1260. The quantitative estimate of drug-likeness (QED) is 0.423. The SMILES string of the molecule is CCNC(=O)Nc1cccc(-c2cnc3cc(-c4ccc(CN5CCCC5)cc4)ccn23)c1. The van der Waals surface area contributed by atoms with Gasteiger partial charge in [0.05, 0.1) is 11.9 Å². The first-order valence-electron chi connectivity index (χ1n) is 11.6. The van der Waals surface area contributed by atoms with E-state index < -0.39 is 0 Å². The molecule has 2 amide bonds. The van der Waals surface area contributed by atoms with Crippen molar-refractivity contribution >= 4 is 17.4 Å². The van der Waals surface area contributed by atoms with Crippen LogP contribution in [0.25, 0.3) is 28.0 Å². The molecule has 2 N–H and O–H groups in total. The van der Waals surface area contributed by atoms with Gasteiger partial charge in [0.2, 0.25) is 0 Å². The van der Waals surface area contributed by atoms with Crippen LogP contribution >= 0.6 is 0 Å². The van der Waals surface area contributed by atoms with E-state index in [4.69, 9.17) is 0 Å². The number of amides is 2. The van der Waals surface area contributed by atoms with E-state index in [0.717, 1.165) is 34.7 Å². The van der Waals surface area contributed by atoms with E-state index >= 15 is 0 Å². The van der Waals surface area contributed by atoms with Crippen molar-refractivity contribution in [1.29, 1.82) is 0 Å². The van der Waals surface area contributed by atoms with Gasteiger partial charge in [0.15, 0.2) is 0 Å². The van der Waals surface area contributed by atoms with Crippen LogP contribution in [0.5, 0.6) is 0 Å². The zero-order chi connectivity index (χ0) is 22.6. The number of anilines is 1. The number of fused-ring (bicyclic) bond motifs is 1. The number of urea groups is 1. The summed E-state index contributed by atoms with van der Waals surface area (Å²) in [5, 5.41) is 5.62. The van der Waals surface area contributed by atoms with Crippen LogP contribution in [-0.2, 0) is 6.54 Å². The molecule has 1 fully saturated rings. The van der Waals surface area contributed by atoms with Gasteiger partial charge in [-0.1, -0.05) is 36.4 Å². The van der Waals surface area contributed by atoms with Crippen molar-refractivity contribution in [1.82, 2.24) is 19.6 Å². The number of aromatic nitrogens is 2. The van der Waals surface area contributed by atoms with Gasteiger partial charge in [-0.25, -0.2) is 9.78 Å². The highest BCUT2D eigenvalue weighted by Crippen LogP contribution is 2.27. The van der Waals surface area contributed by atoms with Crippen LogP contribution in [0.3, 0.4) is 0 Å². The third-order valence-electron chi connectivity index (χ3n) is 6.16. The van der Waals surface area contributed by atoms with Gasteiger partial charge in [0.25, 0.3) is 0 Å². The van der Waals surface area contributed by atoms with Gasteiger partial charge in [0, 0.05) is 30.5 Å². The van der Waals surface area contributed by atoms with Crippen LogP contribution in [0.2, 0.25) is 0 Å². The van der Waals surface area contributed by atoms with Crippen LogP contribution < -0.4 is 10.6 Å². The van der Waals surface area contributed by atoms with Crippen molar-refractivity contribution in [3.63, 3.8) is 0 Å². The summed E-state index contributed by atoms with van der Waals surface area (Å²) >= 11 is 0. The number of imidazole rings is 1. The number of benzene rings is 2. The number of nitrogens with one attached hydrogen (secondary N) is 2. The van der Waals surface area contributed by atoms with Crippen molar-refractivity contribution in [2.45, 2.75) is 26.3 Å². The van der Waals surface area contributed by atoms with E-state index in [-0.39, 0.29) is 6.03 Å². The van der Waals surface area contributed by atoms with E-state index in [1.54, 1.807) is 0 Å². The summed E-state index contributed by atoms with van der Waals surface area (Å²) in [4.78, 5) is 19.0. The van der Waals surface area contributed by atoms with Gasteiger partial charge in [-0.3, -0.25) is 9.30 Å². The number of hydrogen-bond acceptors (Lipinski definition) is 3. The van der Waals surface area contributed by atoms with E-state index in [1.165, 1.54) is 37.1 Å². The van der Waals surface area contributed by atoms with Crippen molar-refractivity contribution in [3.8, 4) is 22.4 Å². The molecule has 2 aromatic carbocycles. The van der Waals surface area contributed by atoms with Crippen molar-refractivity contribution in [2.75, 3.05) is 25.0 Å². The van der Waals surface area contributed by atoms with Gasteiger partial charge >= 0.3 is 6.03 Å². The minimum atomic E-state index is -0.205. The maximum Gasteiger partial charge on any atom is 0.319 e. The number of rotatable bonds is 6. The Labute approximate surface area is 194 Å². The molecule has 0 aliphatic carbocycles. The monoisotopic (exact) mass is 439 g/mol. The fourth-order valence-electron chi connectivity index (χ4n) is 4.47. The molecule has 0 unspecified atom stereocenters. The van der Waals surface area contributed by atoms with Crippen LogP contribution in [0.15, 0.2) is 73.1 Å². The van der Waals surface area contributed by atoms with Gasteiger partial charge in [-0.2, -0.15) is 0 Å². The summed E-state index contributed by atoms with van der Waals surface area (Å²) in [5.74, 6) is 0. The second-order valence-electron chi connectivity index (χ2n) is 8.53. The van der Waals surface area contributed by atoms with Crippen molar-refractivity contribution in [2.24, 2.45) is 0 Å². The number of nitrogens with zero attached hydrogens (tertiary/aromatic N) is 3. The lowest BCUT2D eigenvalue weighted by molar-refractivity contribution is 0.252. The Morgan fingerprint density at radius 2 is 1.79 bits per heavy atom. The number of carbonyl (C=O) groups excluding carboxylic acids is 1. The number of hydrogen-bond donors (Lipinski definition) is 2. The minimum absolute atomic E-state index is 0.205. The molecular weight excluding hydrogens is 410 g/mol. The van der Waals surface area contributed by atoms with Crippen LogP contribution in [0.1, 0.15) is 25.3 Å². The Kier molecular flexibility index (Phi) is 6.09. The smallest absolute Gasteiger partial charge is 0.319 e. The lowest BCUT2D eigenvalue weighted by atomic mass is 10.0. The Morgan fingerprint density at radius 3 is 2.58 bits per heavy atom. The highest BCUT2D eigenvalue weighted by Gasteiger charge is 2.12. The molecule has 168 valence electrons. The summed E-state index contributed by atoms with van der Waals surface area (Å²) < 4.78 is 2.08. The highest BCUT2D eigenvalue weighted by atomic mass is 16.2. The third kappa shape index (κ3) is 4.76. The summed E-state index contributed by atoms with van der Waals surface area (Å²) in [7, 11) is 0. The zero-order valence-corrected chi connectivity index (χ0v) is 18.9. The third-order valence-corrected chi connectivity index (χ3v) is 6.16. The maximum absolute atomic E-state index is 11.9. The second-order valence-corrected chi connectivity index (χ2v) is 8.53. The van der Waals surface area contributed by atoms with Crippen LogP contribution in [0.4, 0.5) is 10.5 Å². The largest absolute Gasteiger partial charge is 0.338 e. The summed E-state index contributed by atoms with van der Waals surface area (Å²) in [5.41, 5.74) is 7.34. The number of carbonyl (C=O) groups is 1. The Balaban J connectivity index is 1.36. The molecule has 0 atom stereocenters. The Hall–Kier alpha value is -3.64. The highest BCUT2D eigenvalue weighted by molar-refractivity contribution is 5.90. The molecule has 1 aliphatic heterocycles. The Morgan fingerprint density at radius 1 is 0.970 bits per heavy atom. The molecule has 3 heterocycles. The summed E-state index contributed by atoms with van der Waals surface area (Å²) in [6.45, 7) is 5.95. The van der Waals surface area contributed by atoms with E-state index in [9.17, 15) is 4.79 Å². The first-order valence-corrected chi connectivity index (χ1v) is 11.6. The molecular formula is C27H29N5O. The average molecular weight is 440 g/mol. The topological polar surface area (TPSA) is 61.7 Å². The van der Waals surface area contributed by atoms with Gasteiger partial charge < -0.3 is 10.6 Å². The van der Waals surface area contributed by atoms with Gasteiger partial charge in [-0.05, 0) is 73.8 Å². The molecule has 0 bridgehead atoms. The first-order chi connectivity index (χ1) is 16.2. The summed E-state index contributed by atoms with van der Waals surface area (Å²) in [6, 6.07) is 20.7. The lowest BCUT2D eigenvalue weighted by Gasteiger charge is -2.14. The van der Waals surface area contributed by atoms with Crippen LogP contribution in [0, 0.1) is 0 Å². The normalized spacial score (nSPS) is 14.0. The molecule has 0 saturated carbocycles. The number of likely N-dealkylation sites (tertiary alicyclic amines) is 1. The van der Waals surface area contributed by atoms with Gasteiger partial charge in [-0.15, -0.1) is 0 Å². The second kappa shape index (κ2) is 9.46. The predicted octanol–water partition coefficient (Wildman–Crippen LogP) is 5.41. The zero-order valence-electron chi connectivity index (χ0n) is 18.9. The van der Waals surface area contributed by atoms with Crippen molar-refractivity contribution < 1.29 is 4.79 Å². The first kappa shape index (κ1) is 21.2. The van der Waals surface area contributed by atoms with Crippen molar-refractivity contribution in [3.05, 3.63) is 78.6 Å². The molecule has 0 radical (unpaired) electrons. The predicted molar refractivity (Wildman–Crippen MR) is 133 cm³/mol. The molecule has 1 aliphatic rings. The van der Waals surface area contributed by atoms with Crippen LogP contribution in [-0.4, -0.2) is 39.9 Å². The molecule has 6 heteroatoms. The van der Waals surface area contributed by atoms with Gasteiger partial charge in [0.1, 0.15) is 5.65 Å². The summed E-state index contributed by atoms with van der Waals surface area (Å²) in [6.07, 6.45) is 6.58. The minimum Gasteiger partial charge on any atom is -0.338 e. The standard InChI is InChI=1S/C27H29N5O/c1-2-28-27(33)30-24-7-5-6-23(16-24)25-18-29-26-17-22(12-15-32(25)26)21-10-8-20(9-11-21)19-31-13-3-4-14-31/h5-12,15-18H,2-4,13-14,19H2,1H3,(H2,28,30,33). The molecule has 33 heavy (non-hydrogen) atoms. The fraction of sp³-hybridized carbons (Fsp3) is 0.259. The maximum atomic E-state index is 11.9. The molecule has 2 aromatic heterocycles. The molecule has 6 nitrogen and oxygen atoms in total. The van der Waals surface area contributed by atoms with E-state index in [2.05, 4.69) is 67.5 Å². The lowest BCUT2D eigenvalue weighted by Crippen LogP contribution is -2.28.